The molecule has 0 heterocycles. The number of hydrogen-bond acceptors (Lipinski definition) is 4. The van der Waals surface area contributed by atoms with Crippen molar-refractivity contribution in [2.45, 2.75) is 0 Å². The van der Waals surface area contributed by atoms with E-state index < -0.39 is 5.97 Å². The van der Waals surface area contributed by atoms with Gasteiger partial charge in [-0.2, -0.15) is 4.99 Å². The summed E-state index contributed by atoms with van der Waals surface area (Å²) in [6.07, 6.45) is 1.44. The molecule has 88 valence electrons. The zero-order chi connectivity index (χ0) is 12.8. The van der Waals surface area contributed by atoms with Gasteiger partial charge in [0, 0.05) is 0 Å². The second-order valence-electron chi connectivity index (χ2n) is 3.45. The van der Waals surface area contributed by atoms with E-state index in [1.54, 1.807) is 48.5 Å². The molecular formula is C14H9NO3. The highest BCUT2D eigenvalue weighted by Gasteiger charge is 2.07. The summed E-state index contributed by atoms with van der Waals surface area (Å²) in [5.74, 6) is -0.0315. The predicted octanol–water partition coefficient (Wildman–Crippen LogP) is 2.87. The molecule has 0 radical (unpaired) electrons. The van der Waals surface area contributed by atoms with E-state index in [0.717, 1.165) is 0 Å². The van der Waals surface area contributed by atoms with Crippen molar-refractivity contribution in [3.8, 4) is 5.75 Å². The Kier molecular flexibility index (Phi) is 3.64. The molecule has 0 aliphatic rings. The number of nitrogens with zero attached hydrogens (tertiary/aromatic N) is 1. The standard InChI is InChI=1S/C14H9NO3/c16-10-15-12-6-8-13(9-7-12)18-14(17)11-4-2-1-3-5-11/h1-9H. The molecule has 0 aromatic heterocycles. The highest BCUT2D eigenvalue weighted by Crippen LogP contribution is 2.18. The fourth-order valence-electron chi connectivity index (χ4n) is 1.38. The van der Waals surface area contributed by atoms with Gasteiger partial charge in [0.25, 0.3) is 0 Å². The quantitative estimate of drug-likeness (QED) is 0.358. The van der Waals surface area contributed by atoms with Crippen molar-refractivity contribution in [3.05, 3.63) is 60.2 Å². The summed E-state index contributed by atoms with van der Waals surface area (Å²) in [6.45, 7) is 0. The molecule has 0 atom stereocenters. The second-order valence-corrected chi connectivity index (χ2v) is 3.45. The third-order valence-corrected chi connectivity index (χ3v) is 2.23. The van der Waals surface area contributed by atoms with Gasteiger partial charge in [0.1, 0.15) is 5.75 Å². The number of aliphatic imine (C=N–C) groups is 1. The number of rotatable bonds is 3. The predicted molar refractivity (Wildman–Crippen MR) is 65.6 cm³/mol. The molecule has 0 saturated heterocycles. The Bertz CT molecular complexity index is 584. The first kappa shape index (κ1) is 11.8. The Morgan fingerprint density at radius 3 is 2.28 bits per heavy atom. The van der Waals surface area contributed by atoms with Gasteiger partial charge >= 0.3 is 5.97 Å². The molecule has 0 fully saturated rings. The van der Waals surface area contributed by atoms with Crippen molar-refractivity contribution in [2.75, 3.05) is 0 Å². The van der Waals surface area contributed by atoms with Crippen molar-refractivity contribution >= 4 is 17.7 Å². The fraction of sp³-hybridized carbons (Fsp3) is 0. The Labute approximate surface area is 104 Å². The number of carbonyl (C=O) groups is 1. The maximum absolute atomic E-state index is 11.7. The molecule has 0 aliphatic carbocycles. The van der Waals surface area contributed by atoms with E-state index in [4.69, 9.17) is 4.74 Å². The number of hydrogen-bond donors (Lipinski definition) is 0. The van der Waals surface area contributed by atoms with E-state index in [1.165, 1.54) is 6.08 Å². The van der Waals surface area contributed by atoms with Crippen LogP contribution in [0.15, 0.2) is 59.6 Å². The zero-order valence-corrected chi connectivity index (χ0v) is 9.37. The topological polar surface area (TPSA) is 55.7 Å². The zero-order valence-electron chi connectivity index (χ0n) is 9.37. The lowest BCUT2D eigenvalue weighted by molar-refractivity contribution is 0.0735. The molecular weight excluding hydrogens is 230 g/mol. The number of ether oxygens (including phenoxy) is 1. The van der Waals surface area contributed by atoms with Crippen LogP contribution in [0.5, 0.6) is 5.75 Å². The van der Waals surface area contributed by atoms with Crippen LogP contribution in [0.25, 0.3) is 0 Å². The maximum atomic E-state index is 11.7. The summed E-state index contributed by atoms with van der Waals surface area (Å²) in [4.78, 5) is 25.2. The minimum atomic E-state index is -0.428. The maximum Gasteiger partial charge on any atom is 0.343 e. The summed E-state index contributed by atoms with van der Waals surface area (Å²) in [5.41, 5.74) is 0.942. The SMILES string of the molecule is O=C=Nc1ccc(OC(=O)c2ccccc2)cc1. The minimum Gasteiger partial charge on any atom is -0.423 e. The first-order chi connectivity index (χ1) is 8.79. The van der Waals surface area contributed by atoms with E-state index in [-0.39, 0.29) is 0 Å². The summed E-state index contributed by atoms with van der Waals surface area (Å²) >= 11 is 0. The summed E-state index contributed by atoms with van der Waals surface area (Å²) in [6, 6.07) is 15.0. The summed E-state index contributed by atoms with van der Waals surface area (Å²) in [7, 11) is 0. The molecule has 0 saturated carbocycles. The normalized spacial score (nSPS) is 9.33. The molecule has 2 rings (SSSR count). The third kappa shape index (κ3) is 2.90. The van der Waals surface area contributed by atoms with E-state index >= 15 is 0 Å². The molecule has 0 bridgehead atoms. The molecule has 0 aliphatic heterocycles. The van der Waals surface area contributed by atoms with Gasteiger partial charge in [-0.05, 0) is 36.4 Å². The molecule has 4 nitrogen and oxygen atoms in total. The third-order valence-electron chi connectivity index (χ3n) is 2.23. The molecule has 0 N–H and O–H groups in total. The van der Waals surface area contributed by atoms with Crippen LogP contribution in [0.1, 0.15) is 10.4 Å². The highest BCUT2D eigenvalue weighted by molar-refractivity contribution is 5.90. The van der Waals surface area contributed by atoms with Crippen LogP contribution in [0, 0.1) is 0 Å². The Balaban J connectivity index is 2.10. The lowest BCUT2D eigenvalue weighted by Crippen LogP contribution is -2.07. The Hall–Kier alpha value is -2.71. The summed E-state index contributed by atoms with van der Waals surface area (Å²) in [5, 5.41) is 0. The number of isocyanates is 1. The fourth-order valence-corrected chi connectivity index (χ4v) is 1.38. The van der Waals surface area contributed by atoms with Gasteiger partial charge in [0.05, 0.1) is 11.3 Å². The average molecular weight is 239 g/mol. The van der Waals surface area contributed by atoms with Crippen molar-refractivity contribution in [3.63, 3.8) is 0 Å². The first-order valence-electron chi connectivity index (χ1n) is 5.25. The number of benzene rings is 2. The van der Waals surface area contributed by atoms with Crippen LogP contribution in [-0.4, -0.2) is 12.0 Å². The second kappa shape index (κ2) is 5.57. The van der Waals surface area contributed by atoms with Gasteiger partial charge in [-0.1, -0.05) is 18.2 Å². The van der Waals surface area contributed by atoms with E-state index in [9.17, 15) is 9.59 Å². The van der Waals surface area contributed by atoms with E-state index in [0.29, 0.717) is 17.0 Å². The Morgan fingerprint density at radius 2 is 1.67 bits per heavy atom. The minimum absolute atomic E-state index is 0.397. The lowest BCUT2D eigenvalue weighted by atomic mass is 10.2. The smallest absolute Gasteiger partial charge is 0.343 e. The number of esters is 1. The van der Waals surface area contributed by atoms with Crippen LogP contribution in [0.4, 0.5) is 5.69 Å². The van der Waals surface area contributed by atoms with Gasteiger partial charge in [-0.15, -0.1) is 0 Å². The summed E-state index contributed by atoms with van der Waals surface area (Å²) < 4.78 is 5.15. The van der Waals surface area contributed by atoms with Crippen LogP contribution in [0.2, 0.25) is 0 Å². The molecule has 2 aromatic rings. The van der Waals surface area contributed by atoms with Crippen LogP contribution >= 0.6 is 0 Å². The molecule has 0 spiro atoms. The van der Waals surface area contributed by atoms with Crippen molar-refractivity contribution < 1.29 is 14.3 Å². The molecule has 18 heavy (non-hydrogen) atoms. The van der Waals surface area contributed by atoms with Gasteiger partial charge in [-0.3, -0.25) is 0 Å². The van der Waals surface area contributed by atoms with Gasteiger partial charge < -0.3 is 4.74 Å². The van der Waals surface area contributed by atoms with Crippen molar-refractivity contribution in [2.24, 2.45) is 4.99 Å². The number of carbonyl (C=O) groups excluding carboxylic acids is 2. The Morgan fingerprint density at radius 1 is 1.00 bits per heavy atom. The van der Waals surface area contributed by atoms with Gasteiger partial charge in [0.2, 0.25) is 6.08 Å². The van der Waals surface area contributed by atoms with E-state index in [2.05, 4.69) is 4.99 Å². The molecule has 2 aromatic carbocycles. The highest BCUT2D eigenvalue weighted by atomic mass is 16.5. The average Bonchev–Trinajstić information content (AvgIpc) is 2.42. The van der Waals surface area contributed by atoms with Crippen molar-refractivity contribution in [1.82, 2.24) is 0 Å². The van der Waals surface area contributed by atoms with Crippen LogP contribution < -0.4 is 4.74 Å². The first-order valence-corrected chi connectivity index (χ1v) is 5.25. The van der Waals surface area contributed by atoms with Crippen LogP contribution in [-0.2, 0) is 4.79 Å². The van der Waals surface area contributed by atoms with E-state index in [1.807, 2.05) is 6.07 Å². The lowest BCUT2D eigenvalue weighted by Gasteiger charge is -2.03. The molecule has 4 heteroatoms. The van der Waals surface area contributed by atoms with Gasteiger partial charge in [-0.25, -0.2) is 9.59 Å². The van der Waals surface area contributed by atoms with Crippen LogP contribution in [0.3, 0.4) is 0 Å². The van der Waals surface area contributed by atoms with Crippen molar-refractivity contribution in [1.29, 1.82) is 0 Å². The van der Waals surface area contributed by atoms with Gasteiger partial charge in [0.15, 0.2) is 0 Å². The molecule has 0 amide bonds. The largest absolute Gasteiger partial charge is 0.423 e. The molecule has 0 unspecified atom stereocenters. The monoisotopic (exact) mass is 239 g/mol.